The Labute approximate surface area is 136 Å². The lowest BCUT2D eigenvalue weighted by Gasteiger charge is -2.44. The summed E-state index contributed by atoms with van der Waals surface area (Å²) in [5, 5.41) is 10.5. The van der Waals surface area contributed by atoms with E-state index in [1.165, 1.54) is 0 Å². The van der Waals surface area contributed by atoms with E-state index in [0.717, 1.165) is 38.6 Å². The Morgan fingerprint density at radius 2 is 2.00 bits per heavy atom. The van der Waals surface area contributed by atoms with Crippen LogP contribution >= 0.6 is 0 Å². The van der Waals surface area contributed by atoms with Gasteiger partial charge >= 0.3 is 6.09 Å². The van der Waals surface area contributed by atoms with E-state index >= 15 is 0 Å². The first kappa shape index (κ1) is 19.3. The average Bonchev–Trinajstić information content (AvgIpc) is 2.37. The summed E-state index contributed by atoms with van der Waals surface area (Å²) in [4.78, 5) is 14.4. The number of carbonyl (C=O) groups is 1. The molecule has 0 saturated carbocycles. The molecule has 1 fully saturated rings. The third-order valence-corrected chi connectivity index (χ3v) is 4.58. The number of rotatable bonds is 5. The van der Waals surface area contributed by atoms with E-state index in [4.69, 9.17) is 4.74 Å². The highest BCUT2D eigenvalue weighted by Crippen LogP contribution is 2.33. The number of ether oxygens (including phenoxy) is 1. The van der Waals surface area contributed by atoms with Crippen molar-refractivity contribution in [1.82, 2.24) is 4.90 Å². The van der Waals surface area contributed by atoms with Crippen LogP contribution in [0.4, 0.5) is 4.79 Å². The minimum atomic E-state index is -0.478. The van der Waals surface area contributed by atoms with Gasteiger partial charge in [-0.25, -0.2) is 4.79 Å². The molecule has 0 spiro atoms. The Kier molecular flexibility index (Phi) is 7.17. The maximum Gasteiger partial charge on any atom is 0.410 e. The molecule has 1 N–H and O–H groups in total. The second-order valence-corrected chi connectivity index (χ2v) is 7.80. The summed E-state index contributed by atoms with van der Waals surface area (Å²) in [5.41, 5.74) is -0.478. The molecule has 130 valence electrons. The molecule has 0 aliphatic carbocycles. The molecular formula is C18H35NO3. The van der Waals surface area contributed by atoms with Crippen molar-refractivity contribution < 1.29 is 14.6 Å². The summed E-state index contributed by atoms with van der Waals surface area (Å²) < 4.78 is 5.58. The molecule has 0 bridgehead atoms. The molecule has 1 amide bonds. The van der Waals surface area contributed by atoms with E-state index < -0.39 is 5.60 Å². The van der Waals surface area contributed by atoms with Gasteiger partial charge in [-0.2, -0.15) is 0 Å². The highest BCUT2D eigenvalue weighted by Gasteiger charge is 2.39. The zero-order chi connectivity index (χ0) is 16.9. The Bertz CT molecular complexity index is 351. The summed E-state index contributed by atoms with van der Waals surface area (Å²) in [6.45, 7) is 12.9. The van der Waals surface area contributed by atoms with E-state index in [0.29, 0.717) is 5.92 Å². The molecule has 0 aromatic carbocycles. The zero-order valence-electron chi connectivity index (χ0n) is 15.3. The van der Waals surface area contributed by atoms with Crippen molar-refractivity contribution in [3.05, 3.63) is 0 Å². The molecule has 0 aromatic rings. The van der Waals surface area contributed by atoms with Gasteiger partial charge in [0.25, 0.3) is 0 Å². The largest absolute Gasteiger partial charge is 0.444 e. The fourth-order valence-electron chi connectivity index (χ4n) is 3.45. The van der Waals surface area contributed by atoms with Crippen LogP contribution in [0.3, 0.4) is 0 Å². The molecule has 22 heavy (non-hydrogen) atoms. The predicted molar refractivity (Wildman–Crippen MR) is 89.8 cm³/mol. The van der Waals surface area contributed by atoms with Gasteiger partial charge < -0.3 is 14.7 Å². The van der Waals surface area contributed by atoms with Gasteiger partial charge in [0.15, 0.2) is 0 Å². The number of aliphatic hydroxyl groups excluding tert-OH is 1. The van der Waals surface area contributed by atoms with Crippen molar-refractivity contribution in [2.45, 2.75) is 91.4 Å². The maximum absolute atomic E-state index is 12.6. The van der Waals surface area contributed by atoms with Crippen LogP contribution in [-0.2, 0) is 4.74 Å². The van der Waals surface area contributed by atoms with Gasteiger partial charge in [-0.1, -0.05) is 27.2 Å². The number of aliphatic hydroxyl groups is 1. The monoisotopic (exact) mass is 313 g/mol. The number of nitrogens with zero attached hydrogens (tertiary/aromatic N) is 1. The third kappa shape index (κ3) is 5.45. The fourth-order valence-corrected chi connectivity index (χ4v) is 3.45. The summed E-state index contributed by atoms with van der Waals surface area (Å²) >= 11 is 0. The Hall–Kier alpha value is -0.770. The molecule has 0 radical (unpaired) electrons. The minimum absolute atomic E-state index is 0.0881. The van der Waals surface area contributed by atoms with Crippen LogP contribution in [-0.4, -0.2) is 40.4 Å². The van der Waals surface area contributed by atoms with Crippen LogP contribution in [0.5, 0.6) is 0 Å². The molecule has 0 aromatic heterocycles. The fraction of sp³-hybridized carbons (Fsp3) is 0.944. The van der Waals surface area contributed by atoms with Gasteiger partial charge in [0, 0.05) is 18.5 Å². The van der Waals surface area contributed by atoms with Crippen LogP contribution in [0.1, 0.15) is 73.6 Å². The van der Waals surface area contributed by atoms with Crippen molar-refractivity contribution >= 4 is 6.09 Å². The summed E-state index contributed by atoms with van der Waals surface area (Å²) in [6, 6.07) is 0.0881. The number of amides is 1. The van der Waals surface area contributed by atoms with Gasteiger partial charge in [-0.05, 0) is 52.4 Å². The molecular weight excluding hydrogens is 278 g/mol. The molecule has 4 unspecified atom stereocenters. The quantitative estimate of drug-likeness (QED) is 0.827. The average molecular weight is 313 g/mol. The molecule has 1 aliphatic heterocycles. The molecule has 1 rings (SSSR count). The Morgan fingerprint density at radius 1 is 1.36 bits per heavy atom. The van der Waals surface area contributed by atoms with Crippen molar-refractivity contribution in [2.75, 3.05) is 6.54 Å². The molecule has 4 atom stereocenters. The maximum atomic E-state index is 12.6. The zero-order valence-corrected chi connectivity index (χ0v) is 15.3. The molecule has 4 nitrogen and oxygen atoms in total. The highest BCUT2D eigenvalue weighted by atomic mass is 16.6. The smallest absolute Gasteiger partial charge is 0.410 e. The normalized spacial score (nSPS) is 25.7. The van der Waals surface area contributed by atoms with Crippen LogP contribution in [0.15, 0.2) is 0 Å². The summed E-state index contributed by atoms with van der Waals surface area (Å²) in [7, 11) is 0. The minimum Gasteiger partial charge on any atom is -0.444 e. The van der Waals surface area contributed by atoms with Crippen LogP contribution in [0.2, 0.25) is 0 Å². The SMILES string of the molecule is CCCC(O)C(CC)C1CC(C)CCN1C(=O)OC(C)(C)C. The lowest BCUT2D eigenvalue weighted by atomic mass is 9.80. The van der Waals surface area contributed by atoms with E-state index in [9.17, 15) is 9.90 Å². The molecule has 1 saturated heterocycles. The second-order valence-electron chi connectivity index (χ2n) is 7.80. The number of carbonyl (C=O) groups excluding carboxylic acids is 1. The highest BCUT2D eigenvalue weighted by molar-refractivity contribution is 5.68. The van der Waals surface area contributed by atoms with E-state index in [-0.39, 0.29) is 24.2 Å². The summed E-state index contributed by atoms with van der Waals surface area (Å²) in [6.07, 6.45) is 4.05. The number of hydrogen-bond acceptors (Lipinski definition) is 3. The van der Waals surface area contributed by atoms with Crippen molar-refractivity contribution in [3.8, 4) is 0 Å². The number of hydrogen-bond donors (Lipinski definition) is 1. The molecule has 4 heteroatoms. The van der Waals surface area contributed by atoms with E-state index in [1.54, 1.807) is 0 Å². The standard InChI is InChI=1S/C18H35NO3/c1-7-9-16(20)14(8-2)15-12-13(3)10-11-19(15)17(21)22-18(4,5)6/h13-16,20H,7-12H2,1-6H3. The van der Waals surface area contributed by atoms with Crippen molar-refractivity contribution in [1.29, 1.82) is 0 Å². The van der Waals surface area contributed by atoms with Crippen molar-refractivity contribution in [3.63, 3.8) is 0 Å². The third-order valence-electron chi connectivity index (χ3n) is 4.58. The Morgan fingerprint density at radius 3 is 2.50 bits per heavy atom. The van der Waals surface area contributed by atoms with Crippen LogP contribution in [0.25, 0.3) is 0 Å². The first-order valence-corrected chi connectivity index (χ1v) is 8.87. The first-order chi connectivity index (χ1) is 10.2. The Balaban J connectivity index is 2.90. The van der Waals surface area contributed by atoms with Gasteiger partial charge in [-0.3, -0.25) is 0 Å². The number of likely N-dealkylation sites (tertiary alicyclic amines) is 1. The molecule has 1 heterocycles. The topological polar surface area (TPSA) is 49.8 Å². The van der Waals surface area contributed by atoms with Gasteiger partial charge in [-0.15, -0.1) is 0 Å². The predicted octanol–water partition coefficient (Wildman–Crippen LogP) is 4.21. The number of piperidine rings is 1. The van der Waals surface area contributed by atoms with Crippen LogP contribution in [0, 0.1) is 11.8 Å². The van der Waals surface area contributed by atoms with E-state index in [2.05, 4.69) is 20.8 Å². The van der Waals surface area contributed by atoms with Gasteiger partial charge in [0.2, 0.25) is 0 Å². The van der Waals surface area contributed by atoms with Crippen LogP contribution < -0.4 is 0 Å². The molecule has 1 aliphatic rings. The van der Waals surface area contributed by atoms with Gasteiger partial charge in [0.1, 0.15) is 5.60 Å². The van der Waals surface area contributed by atoms with Crippen molar-refractivity contribution in [2.24, 2.45) is 11.8 Å². The summed E-state index contributed by atoms with van der Waals surface area (Å²) in [5.74, 6) is 0.724. The van der Waals surface area contributed by atoms with E-state index in [1.807, 2.05) is 25.7 Å². The first-order valence-electron chi connectivity index (χ1n) is 8.87. The van der Waals surface area contributed by atoms with Gasteiger partial charge in [0.05, 0.1) is 6.10 Å². The lowest BCUT2D eigenvalue weighted by molar-refractivity contribution is -0.0254. The second kappa shape index (κ2) is 8.19. The lowest BCUT2D eigenvalue weighted by Crippen LogP contribution is -2.53.